The molecule has 0 radical (unpaired) electrons. The van der Waals surface area contributed by atoms with E-state index in [1.54, 1.807) is 0 Å². The highest BCUT2D eigenvalue weighted by molar-refractivity contribution is 4.65. The van der Waals surface area contributed by atoms with E-state index in [2.05, 4.69) is 6.58 Å². The van der Waals surface area contributed by atoms with E-state index < -0.39 is 0 Å². The Morgan fingerprint density at radius 2 is 1.67 bits per heavy atom. The van der Waals surface area contributed by atoms with Crippen molar-refractivity contribution in [2.45, 2.75) is 57.7 Å². The van der Waals surface area contributed by atoms with Crippen LogP contribution in [-0.4, -0.2) is 19.5 Å². The molecule has 1 fully saturated rings. The predicted octanol–water partition coefficient (Wildman–Crippen LogP) is 3.67. The Morgan fingerprint density at radius 3 is 2.40 bits per heavy atom. The second-order valence-electron chi connectivity index (χ2n) is 4.16. The Kier molecular flexibility index (Phi) is 7.58. The van der Waals surface area contributed by atoms with Gasteiger partial charge in [0.1, 0.15) is 0 Å². The van der Waals surface area contributed by atoms with Crippen molar-refractivity contribution in [1.82, 2.24) is 0 Å². The van der Waals surface area contributed by atoms with E-state index in [4.69, 9.17) is 9.47 Å². The van der Waals surface area contributed by atoms with Crippen LogP contribution >= 0.6 is 0 Å². The first-order valence-electron chi connectivity index (χ1n) is 6.27. The molecule has 0 saturated carbocycles. The Morgan fingerprint density at radius 1 is 1.00 bits per heavy atom. The molecule has 0 aromatic rings. The molecule has 0 atom stereocenters. The van der Waals surface area contributed by atoms with E-state index in [0.717, 1.165) is 32.5 Å². The number of rotatable bonds is 8. The van der Waals surface area contributed by atoms with Gasteiger partial charge < -0.3 is 9.47 Å². The van der Waals surface area contributed by atoms with Crippen molar-refractivity contribution in [3.05, 3.63) is 12.7 Å². The molecule has 1 rings (SSSR count). The highest BCUT2D eigenvalue weighted by Gasteiger charge is 2.12. The topological polar surface area (TPSA) is 18.5 Å². The molecule has 0 spiro atoms. The zero-order valence-electron chi connectivity index (χ0n) is 9.75. The van der Waals surface area contributed by atoms with Crippen LogP contribution in [0.1, 0.15) is 51.4 Å². The maximum atomic E-state index is 5.49. The van der Waals surface area contributed by atoms with Crippen LogP contribution in [0.5, 0.6) is 0 Å². The minimum absolute atomic E-state index is 0.0897. The van der Waals surface area contributed by atoms with Crippen molar-refractivity contribution in [1.29, 1.82) is 0 Å². The highest BCUT2D eigenvalue weighted by atomic mass is 16.7. The Labute approximate surface area is 93.7 Å². The first-order chi connectivity index (χ1) is 7.43. The fraction of sp³-hybridized carbons (Fsp3) is 0.846. The van der Waals surface area contributed by atoms with E-state index in [1.165, 1.54) is 32.1 Å². The van der Waals surface area contributed by atoms with Crippen LogP contribution in [0.25, 0.3) is 0 Å². The summed E-state index contributed by atoms with van der Waals surface area (Å²) in [5.74, 6) is 0. The Bertz CT molecular complexity index is 151. The van der Waals surface area contributed by atoms with Crippen molar-refractivity contribution in [2.24, 2.45) is 0 Å². The van der Waals surface area contributed by atoms with Crippen molar-refractivity contribution < 1.29 is 9.47 Å². The average Bonchev–Trinajstić information content (AvgIpc) is 2.29. The summed E-state index contributed by atoms with van der Waals surface area (Å²) in [5, 5.41) is 0. The molecule has 0 aliphatic carbocycles. The van der Waals surface area contributed by atoms with E-state index >= 15 is 0 Å². The Balaban J connectivity index is 1.81. The summed E-state index contributed by atoms with van der Waals surface area (Å²) in [6.07, 6.45) is 11.9. The van der Waals surface area contributed by atoms with Gasteiger partial charge in [-0.1, -0.05) is 25.3 Å². The SMILES string of the molecule is C=CCCCCCCCC1OCCCO1. The third kappa shape index (κ3) is 6.69. The molecule has 0 N–H and O–H groups in total. The van der Waals surface area contributed by atoms with Gasteiger partial charge in [0.05, 0.1) is 13.2 Å². The van der Waals surface area contributed by atoms with Gasteiger partial charge in [-0.2, -0.15) is 0 Å². The van der Waals surface area contributed by atoms with Crippen LogP contribution in [0, 0.1) is 0 Å². The lowest BCUT2D eigenvalue weighted by Crippen LogP contribution is -2.24. The van der Waals surface area contributed by atoms with Crippen LogP contribution in [0.15, 0.2) is 12.7 Å². The second-order valence-corrected chi connectivity index (χ2v) is 4.16. The molecule has 1 aliphatic rings. The number of hydrogen-bond donors (Lipinski definition) is 0. The molecule has 1 heterocycles. The Hall–Kier alpha value is -0.340. The van der Waals surface area contributed by atoms with Gasteiger partial charge in [-0.25, -0.2) is 0 Å². The fourth-order valence-corrected chi connectivity index (χ4v) is 1.83. The lowest BCUT2D eigenvalue weighted by molar-refractivity contribution is -0.181. The van der Waals surface area contributed by atoms with Crippen LogP contribution in [-0.2, 0) is 9.47 Å². The first kappa shape index (κ1) is 12.7. The highest BCUT2D eigenvalue weighted by Crippen LogP contribution is 2.14. The minimum atomic E-state index is 0.0897. The second kappa shape index (κ2) is 8.93. The largest absolute Gasteiger partial charge is 0.353 e. The fourth-order valence-electron chi connectivity index (χ4n) is 1.83. The lowest BCUT2D eigenvalue weighted by atomic mass is 10.1. The minimum Gasteiger partial charge on any atom is -0.353 e. The number of unbranched alkanes of at least 4 members (excludes halogenated alkanes) is 5. The summed E-state index contributed by atoms with van der Waals surface area (Å²) in [6.45, 7) is 5.48. The standard InChI is InChI=1S/C13H24O2/c1-2-3-4-5-6-7-8-10-13-14-11-9-12-15-13/h2,13H,1,3-12H2. The molecule has 1 saturated heterocycles. The number of allylic oxidation sites excluding steroid dienone is 1. The molecule has 0 aromatic heterocycles. The van der Waals surface area contributed by atoms with Gasteiger partial charge in [0, 0.05) is 0 Å². The molecule has 0 amide bonds. The van der Waals surface area contributed by atoms with Crippen molar-refractivity contribution >= 4 is 0 Å². The van der Waals surface area contributed by atoms with Crippen molar-refractivity contribution in [2.75, 3.05) is 13.2 Å². The molecular weight excluding hydrogens is 188 g/mol. The van der Waals surface area contributed by atoms with Crippen LogP contribution in [0.3, 0.4) is 0 Å². The predicted molar refractivity (Wildman–Crippen MR) is 62.8 cm³/mol. The number of hydrogen-bond acceptors (Lipinski definition) is 2. The molecule has 0 bridgehead atoms. The van der Waals surface area contributed by atoms with E-state index in [-0.39, 0.29) is 6.29 Å². The summed E-state index contributed by atoms with van der Waals surface area (Å²) in [7, 11) is 0. The maximum Gasteiger partial charge on any atom is 0.157 e. The van der Waals surface area contributed by atoms with Crippen molar-refractivity contribution in [3.8, 4) is 0 Å². The molecular formula is C13H24O2. The van der Waals surface area contributed by atoms with Crippen LogP contribution in [0.4, 0.5) is 0 Å². The van der Waals surface area contributed by atoms with Gasteiger partial charge in [0.2, 0.25) is 0 Å². The van der Waals surface area contributed by atoms with E-state index in [1.807, 2.05) is 6.08 Å². The molecule has 0 unspecified atom stereocenters. The van der Waals surface area contributed by atoms with E-state index in [9.17, 15) is 0 Å². The molecule has 88 valence electrons. The summed E-state index contributed by atoms with van der Waals surface area (Å²) in [6, 6.07) is 0. The molecule has 1 aliphatic heterocycles. The third-order valence-corrected chi connectivity index (χ3v) is 2.74. The molecule has 2 nitrogen and oxygen atoms in total. The van der Waals surface area contributed by atoms with Gasteiger partial charge in [0.25, 0.3) is 0 Å². The third-order valence-electron chi connectivity index (χ3n) is 2.74. The van der Waals surface area contributed by atoms with Gasteiger partial charge in [-0.05, 0) is 32.1 Å². The zero-order valence-corrected chi connectivity index (χ0v) is 9.75. The monoisotopic (exact) mass is 212 g/mol. The smallest absolute Gasteiger partial charge is 0.157 e. The first-order valence-corrected chi connectivity index (χ1v) is 6.27. The normalized spacial score (nSPS) is 17.9. The molecule has 15 heavy (non-hydrogen) atoms. The van der Waals surface area contributed by atoms with Crippen molar-refractivity contribution in [3.63, 3.8) is 0 Å². The summed E-state index contributed by atoms with van der Waals surface area (Å²) in [4.78, 5) is 0. The summed E-state index contributed by atoms with van der Waals surface area (Å²) in [5.41, 5.74) is 0. The molecule has 0 aromatic carbocycles. The van der Waals surface area contributed by atoms with Crippen LogP contribution in [0.2, 0.25) is 0 Å². The van der Waals surface area contributed by atoms with Gasteiger partial charge in [-0.15, -0.1) is 6.58 Å². The van der Waals surface area contributed by atoms with Gasteiger partial charge in [-0.3, -0.25) is 0 Å². The average molecular weight is 212 g/mol. The molecule has 2 heteroatoms. The van der Waals surface area contributed by atoms with Crippen LogP contribution < -0.4 is 0 Å². The summed E-state index contributed by atoms with van der Waals surface area (Å²) >= 11 is 0. The zero-order chi connectivity index (χ0) is 10.8. The number of ether oxygens (including phenoxy) is 2. The van der Waals surface area contributed by atoms with Gasteiger partial charge in [0.15, 0.2) is 6.29 Å². The summed E-state index contributed by atoms with van der Waals surface area (Å²) < 4.78 is 11.0. The van der Waals surface area contributed by atoms with Gasteiger partial charge >= 0.3 is 0 Å². The lowest BCUT2D eigenvalue weighted by Gasteiger charge is -2.22. The van der Waals surface area contributed by atoms with E-state index in [0.29, 0.717) is 0 Å². The maximum absolute atomic E-state index is 5.49. The quantitative estimate of drug-likeness (QED) is 0.451.